The molecule has 0 radical (unpaired) electrons. The zero-order chi connectivity index (χ0) is 25.8. The average molecular weight is 525 g/mol. The Kier molecular flexibility index (Phi) is 8.02. The molecule has 1 saturated heterocycles. The second-order valence-corrected chi connectivity index (χ2v) is 10.5. The molecule has 2 aromatic heterocycles. The maximum Gasteiger partial charge on any atom is 0.230 e. The first-order valence-corrected chi connectivity index (χ1v) is 13.2. The Bertz CT molecular complexity index is 1230. The molecule has 3 heterocycles. The first kappa shape index (κ1) is 25.6. The van der Waals surface area contributed by atoms with Crippen molar-refractivity contribution in [2.24, 2.45) is 5.92 Å². The van der Waals surface area contributed by atoms with E-state index in [-0.39, 0.29) is 18.6 Å². The van der Waals surface area contributed by atoms with Crippen LogP contribution >= 0.6 is 11.6 Å². The molecule has 2 fully saturated rings. The number of anilines is 2. The number of benzene rings is 1. The topological polar surface area (TPSA) is 121 Å². The third-order valence-electron chi connectivity index (χ3n) is 7.27. The van der Waals surface area contributed by atoms with Crippen molar-refractivity contribution in [1.82, 2.24) is 20.3 Å². The molecule has 10 heteroatoms. The number of fused-ring (bicyclic) bond motifs is 1. The Morgan fingerprint density at radius 2 is 1.89 bits per heavy atom. The molecule has 0 spiro atoms. The Morgan fingerprint density at radius 3 is 2.57 bits per heavy atom. The van der Waals surface area contributed by atoms with Crippen LogP contribution in [0.4, 0.5) is 11.8 Å². The number of carbonyl (C=O) groups is 1. The number of rotatable bonds is 9. The van der Waals surface area contributed by atoms with E-state index in [0.29, 0.717) is 36.7 Å². The summed E-state index contributed by atoms with van der Waals surface area (Å²) in [6.45, 7) is 3.52. The highest BCUT2D eigenvalue weighted by Gasteiger charge is 2.27. The van der Waals surface area contributed by atoms with Crippen molar-refractivity contribution < 1.29 is 14.6 Å². The van der Waals surface area contributed by atoms with E-state index >= 15 is 0 Å². The van der Waals surface area contributed by atoms with Crippen LogP contribution in [-0.2, 0) is 9.53 Å². The van der Waals surface area contributed by atoms with Crippen LogP contribution in [0.5, 0.6) is 0 Å². The number of halogens is 1. The predicted molar refractivity (Wildman–Crippen MR) is 144 cm³/mol. The van der Waals surface area contributed by atoms with Gasteiger partial charge < -0.3 is 25.8 Å². The molecule has 9 nitrogen and oxygen atoms in total. The van der Waals surface area contributed by atoms with Crippen LogP contribution in [0.25, 0.3) is 10.9 Å². The van der Waals surface area contributed by atoms with Gasteiger partial charge in [0.25, 0.3) is 0 Å². The molecular weight excluding hydrogens is 492 g/mol. The van der Waals surface area contributed by atoms with Gasteiger partial charge in [0.15, 0.2) is 0 Å². The van der Waals surface area contributed by atoms with E-state index in [9.17, 15) is 9.90 Å². The molecule has 5 rings (SSSR count). The molecule has 1 aromatic carbocycles. The summed E-state index contributed by atoms with van der Waals surface area (Å²) in [4.78, 5) is 25.9. The molecule has 0 bridgehead atoms. The van der Waals surface area contributed by atoms with Gasteiger partial charge in [0, 0.05) is 41.0 Å². The van der Waals surface area contributed by atoms with Crippen LogP contribution in [0.3, 0.4) is 0 Å². The third kappa shape index (κ3) is 6.29. The normalized spacial score (nSPS) is 20.7. The van der Waals surface area contributed by atoms with Gasteiger partial charge in [-0.05, 0) is 68.4 Å². The molecule has 1 aliphatic carbocycles. The Balaban J connectivity index is 1.08. The second kappa shape index (κ2) is 11.6. The minimum Gasteiger partial charge on any atom is -0.395 e. The number of nitrogens with zero attached hydrogens (tertiary/aromatic N) is 3. The molecule has 1 aliphatic heterocycles. The fourth-order valence-corrected chi connectivity index (χ4v) is 5.03. The Labute approximate surface area is 221 Å². The maximum absolute atomic E-state index is 12.4. The van der Waals surface area contributed by atoms with Crippen LogP contribution in [0.15, 0.2) is 36.7 Å². The molecule has 0 unspecified atom stereocenters. The lowest BCUT2D eigenvalue weighted by molar-refractivity contribution is -0.127. The second-order valence-electron chi connectivity index (χ2n) is 10.1. The van der Waals surface area contributed by atoms with E-state index in [1.807, 2.05) is 25.1 Å². The fourth-order valence-electron chi connectivity index (χ4n) is 4.85. The minimum atomic E-state index is -0.684. The zero-order valence-corrected chi connectivity index (χ0v) is 21.7. The molecular formula is C27H33ClN6O3. The summed E-state index contributed by atoms with van der Waals surface area (Å²) < 4.78 is 5.08. The molecule has 37 heavy (non-hydrogen) atoms. The number of amides is 1. The Hall–Kier alpha value is -3.01. The van der Waals surface area contributed by atoms with E-state index in [1.54, 1.807) is 12.4 Å². The SMILES string of the molecule is Cc1cc2nc(NC3CCC(CNc4ncc([C@@H](CO)C(=O)NC5COC5)cn4)CC3)ccc2cc1Cl. The number of ether oxygens (including phenoxy) is 1. The summed E-state index contributed by atoms with van der Waals surface area (Å²) in [7, 11) is 0. The maximum atomic E-state index is 12.4. The lowest BCUT2D eigenvalue weighted by Crippen LogP contribution is -2.50. The summed E-state index contributed by atoms with van der Waals surface area (Å²) >= 11 is 6.24. The van der Waals surface area contributed by atoms with Crippen molar-refractivity contribution in [1.29, 1.82) is 0 Å². The highest BCUT2D eigenvalue weighted by Crippen LogP contribution is 2.28. The molecule has 2 aliphatic rings. The number of aryl methyl sites for hydroxylation is 1. The smallest absolute Gasteiger partial charge is 0.230 e. The van der Waals surface area contributed by atoms with Crippen molar-refractivity contribution in [3.63, 3.8) is 0 Å². The van der Waals surface area contributed by atoms with Gasteiger partial charge >= 0.3 is 0 Å². The number of hydrogen-bond acceptors (Lipinski definition) is 8. The van der Waals surface area contributed by atoms with Gasteiger partial charge in [0.1, 0.15) is 5.82 Å². The number of hydrogen-bond donors (Lipinski definition) is 4. The molecule has 196 valence electrons. The molecule has 3 aromatic rings. The third-order valence-corrected chi connectivity index (χ3v) is 7.68. The number of nitrogens with one attached hydrogen (secondary N) is 3. The minimum absolute atomic E-state index is 0.0152. The van der Waals surface area contributed by atoms with E-state index in [1.165, 1.54) is 0 Å². The number of aliphatic hydroxyl groups is 1. The van der Waals surface area contributed by atoms with E-state index in [2.05, 4.69) is 32.0 Å². The van der Waals surface area contributed by atoms with E-state index in [4.69, 9.17) is 21.3 Å². The monoisotopic (exact) mass is 524 g/mol. The lowest BCUT2D eigenvalue weighted by atomic mass is 9.86. The summed E-state index contributed by atoms with van der Waals surface area (Å²) in [5.41, 5.74) is 2.58. The summed E-state index contributed by atoms with van der Waals surface area (Å²) in [5.74, 6) is 1.06. The highest BCUT2D eigenvalue weighted by atomic mass is 35.5. The van der Waals surface area contributed by atoms with Crippen molar-refractivity contribution >= 4 is 40.2 Å². The number of aromatic nitrogens is 3. The van der Waals surface area contributed by atoms with Crippen molar-refractivity contribution in [2.45, 2.75) is 50.6 Å². The number of carbonyl (C=O) groups excluding carboxylic acids is 1. The van der Waals surface area contributed by atoms with E-state index < -0.39 is 5.92 Å². The predicted octanol–water partition coefficient (Wildman–Crippen LogP) is 3.66. The van der Waals surface area contributed by atoms with Gasteiger partial charge in [-0.2, -0.15) is 0 Å². The summed E-state index contributed by atoms with van der Waals surface area (Å²) in [6.07, 6.45) is 7.57. The molecule has 4 N–H and O–H groups in total. The van der Waals surface area contributed by atoms with Gasteiger partial charge in [0.2, 0.25) is 11.9 Å². The first-order valence-electron chi connectivity index (χ1n) is 12.9. The molecule has 1 atom stereocenters. The van der Waals surface area contributed by atoms with Crippen LogP contribution in [0.1, 0.15) is 42.7 Å². The van der Waals surface area contributed by atoms with E-state index in [0.717, 1.165) is 59.5 Å². The van der Waals surface area contributed by atoms with Crippen molar-refractivity contribution in [2.75, 3.05) is 37.0 Å². The molecule has 1 amide bonds. The van der Waals surface area contributed by atoms with Gasteiger partial charge in [-0.1, -0.05) is 11.6 Å². The lowest BCUT2D eigenvalue weighted by Gasteiger charge is -2.29. The van der Waals surface area contributed by atoms with Crippen LogP contribution in [0, 0.1) is 12.8 Å². The van der Waals surface area contributed by atoms with Gasteiger partial charge in [-0.25, -0.2) is 15.0 Å². The van der Waals surface area contributed by atoms with Crippen LogP contribution < -0.4 is 16.0 Å². The quantitative estimate of drug-likeness (QED) is 0.334. The van der Waals surface area contributed by atoms with Gasteiger partial charge in [0.05, 0.1) is 37.3 Å². The molecule has 1 saturated carbocycles. The highest BCUT2D eigenvalue weighted by molar-refractivity contribution is 6.32. The Morgan fingerprint density at radius 1 is 1.14 bits per heavy atom. The number of aliphatic hydroxyl groups excluding tert-OH is 1. The van der Waals surface area contributed by atoms with Crippen LogP contribution in [0.2, 0.25) is 5.02 Å². The van der Waals surface area contributed by atoms with Gasteiger partial charge in [-0.3, -0.25) is 4.79 Å². The van der Waals surface area contributed by atoms with Crippen LogP contribution in [-0.4, -0.2) is 64.4 Å². The standard InChI is InChI=1S/C27H33ClN6O3/c1-16-8-24-18(9-23(16)28)4-7-25(34-24)32-20-5-2-17(3-6-20)10-29-27-30-11-19(12-31-27)22(13-35)26(36)33-21-14-37-15-21/h4,7-9,11-12,17,20-22,35H,2-3,5-6,10,13-15H2,1H3,(H,32,34)(H,33,36)(H,29,30,31)/t17?,20?,22-/m1/s1. The zero-order valence-electron chi connectivity index (χ0n) is 20.9. The van der Waals surface area contributed by atoms with Crippen molar-refractivity contribution in [3.05, 3.63) is 52.8 Å². The number of pyridine rings is 1. The van der Waals surface area contributed by atoms with Crippen molar-refractivity contribution in [3.8, 4) is 0 Å². The average Bonchev–Trinajstić information content (AvgIpc) is 2.88. The summed E-state index contributed by atoms with van der Waals surface area (Å²) in [5, 5.41) is 21.3. The largest absolute Gasteiger partial charge is 0.395 e. The summed E-state index contributed by atoms with van der Waals surface area (Å²) in [6, 6.07) is 8.50. The van der Waals surface area contributed by atoms with Gasteiger partial charge in [-0.15, -0.1) is 0 Å². The first-order chi connectivity index (χ1) is 18.0. The fraction of sp³-hybridized carbons (Fsp3) is 0.481.